The summed E-state index contributed by atoms with van der Waals surface area (Å²) in [5.41, 5.74) is 40.2. The van der Waals surface area contributed by atoms with Crippen LogP contribution in [0, 0.1) is 17.1 Å². The second-order valence-electron chi connectivity index (χ2n) is 16.5. The topological polar surface area (TPSA) is 198 Å². The number of nitriles is 1. The van der Waals surface area contributed by atoms with E-state index in [1.807, 2.05) is 107 Å². The zero-order valence-corrected chi connectivity index (χ0v) is 41.5. The fourth-order valence-electron chi connectivity index (χ4n) is 6.11. The molecular formula is C57H71F4N7O2. The van der Waals surface area contributed by atoms with Gasteiger partial charge in [0.1, 0.15) is 17.3 Å². The molecule has 0 heterocycles. The Hall–Kier alpha value is -6.63. The average molecular weight is 962 g/mol. The largest absolute Gasteiger partial charge is 0.497 e. The van der Waals surface area contributed by atoms with Gasteiger partial charge in [0, 0.05) is 36.3 Å². The van der Waals surface area contributed by atoms with Crippen LogP contribution in [0.15, 0.2) is 164 Å². The molecule has 0 aromatic heterocycles. The van der Waals surface area contributed by atoms with E-state index in [4.69, 9.17) is 49.1 Å². The monoisotopic (exact) mass is 962 g/mol. The van der Waals surface area contributed by atoms with Gasteiger partial charge in [-0.05, 0) is 152 Å². The lowest BCUT2D eigenvalue weighted by Crippen LogP contribution is -2.08. The maximum Gasteiger partial charge on any atom is 0.416 e. The van der Waals surface area contributed by atoms with Gasteiger partial charge in [0.15, 0.2) is 0 Å². The number of halogens is 4. The molecule has 0 aliphatic heterocycles. The highest BCUT2D eigenvalue weighted by Crippen LogP contribution is 2.29. The van der Waals surface area contributed by atoms with Gasteiger partial charge in [-0.25, -0.2) is 4.39 Å². The van der Waals surface area contributed by atoms with Crippen molar-refractivity contribution in [3.63, 3.8) is 0 Å². The van der Waals surface area contributed by atoms with E-state index in [1.54, 1.807) is 45.4 Å². The van der Waals surface area contributed by atoms with Crippen molar-refractivity contribution in [3.05, 3.63) is 214 Å². The first-order valence-electron chi connectivity index (χ1n) is 22.9. The van der Waals surface area contributed by atoms with E-state index < -0.39 is 11.7 Å². The third-order valence-electron chi connectivity index (χ3n) is 10.6. The van der Waals surface area contributed by atoms with Crippen LogP contribution in [0.1, 0.15) is 129 Å². The Kier molecular flexibility index (Phi) is 26.2. The van der Waals surface area contributed by atoms with Crippen molar-refractivity contribution in [2.45, 2.75) is 90.4 Å². The van der Waals surface area contributed by atoms with Gasteiger partial charge >= 0.3 is 6.18 Å². The van der Waals surface area contributed by atoms with Crippen LogP contribution >= 0.6 is 0 Å². The highest BCUT2D eigenvalue weighted by molar-refractivity contribution is 5.83. The smallest absolute Gasteiger partial charge is 0.416 e. The molecule has 13 heteroatoms. The number of hydrogen-bond acceptors (Lipinski definition) is 9. The third kappa shape index (κ3) is 21.8. The molecule has 374 valence electrons. The molecule has 12 N–H and O–H groups in total. The van der Waals surface area contributed by atoms with Gasteiger partial charge in [-0.1, -0.05) is 104 Å². The Morgan fingerprint density at radius 2 is 0.886 bits per heavy atom. The summed E-state index contributed by atoms with van der Waals surface area (Å²) >= 11 is 0. The van der Waals surface area contributed by atoms with E-state index in [-0.39, 0.29) is 42.1 Å². The van der Waals surface area contributed by atoms with Gasteiger partial charge in [0.25, 0.3) is 0 Å². The number of rotatable bonds is 9. The fraction of sp³-hybridized carbons (Fsp3) is 0.281. The first-order valence-corrected chi connectivity index (χ1v) is 22.9. The van der Waals surface area contributed by atoms with Gasteiger partial charge in [0.05, 0.1) is 31.4 Å². The molecule has 7 aromatic carbocycles. The minimum atomic E-state index is -4.27. The van der Waals surface area contributed by atoms with Crippen molar-refractivity contribution in [2.24, 2.45) is 34.4 Å². The number of nitrogens with two attached hydrogens (primary N) is 6. The summed E-state index contributed by atoms with van der Waals surface area (Å²) in [5.74, 6) is 1.52. The standard InChI is InChI=1S/C12H13N.C9H10F3N.C9H12FN.C9H10N2.2C9H13NO/c1-9(13)11-7-6-10-4-2-3-5-12(10)8-11;1-6(13)7-2-4-8(5-3-7)9(10,11)12;1-2-9(11)7-3-5-8(10)6-4-7;1-7(11)9-4-2-8(6-10)3-5-9;1-7(10)8-3-5-9(11-2)6-4-8;1-7(10)8-4-3-5-9(6-8)11-2/h2-9H,13H2,1H3;2-6H,13H2,1H3;3-6,9H,2,11H2,1H3;2-5,7H,11H2,1H3;2*3-7H,10H2,1-2H3. The first kappa shape index (κ1) is 59.5. The van der Waals surface area contributed by atoms with Crippen molar-refractivity contribution in [3.8, 4) is 17.6 Å². The number of fused-ring (bicyclic) bond motifs is 1. The van der Waals surface area contributed by atoms with E-state index in [0.717, 1.165) is 52.3 Å². The van der Waals surface area contributed by atoms with Crippen LogP contribution in [0.4, 0.5) is 17.6 Å². The fourth-order valence-corrected chi connectivity index (χ4v) is 6.11. The molecule has 0 aliphatic rings. The van der Waals surface area contributed by atoms with Crippen LogP contribution in [0.25, 0.3) is 10.8 Å². The van der Waals surface area contributed by atoms with Gasteiger partial charge in [0.2, 0.25) is 0 Å². The molecule has 0 aliphatic carbocycles. The molecule has 0 amide bonds. The number of alkyl halides is 3. The zero-order chi connectivity index (χ0) is 52.4. The van der Waals surface area contributed by atoms with Crippen LogP contribution < -0.4 is 43.9 Å². The van der Waals surface area contributed by atoms with E-state index >= 15 is 0 Å². The number of hydrogen-bond donors (Lipinski definition) is 6. The maximum absolute atomic E-state index is 12.4. The summed E-state index contributed by atoms with van der Waals surface area (Å²) < 4.78 is 58.7. The molecule has 0 bridgehead atoms. The molecule has 7 rings (SSSR count). The van der Waals surface area contributed by atoms with Crippen LogP contribution in [0.5, 0.6) is 11.5 Å². The Morgan fingerprint density at radius 1 is 0.471 bits per heavy atom. The Bertz CT molecular complexity index is 2560. The third-order valence-corrected chi connectivity index (χ3v) is 10.6. The lowest BCUT2D eigenvalue weighted by Gasteiger charge is -2.09. The number of benzene rings is 7. The summed E-state index contributed by atoms with van der Waals surface area (Å²) in [7, 11) is 3.31. The van der Waals surface area contributed by atoms with Crippen molar-refractivity contribution in [2.75, 3.05) is 14.2 Å². The molecule has 6 unspecified atom stereocenters. The molecule has 0 spiro atoms. The quantitative estimate of drug-likeness (QED) is 0.0762. The van der Waals surface area contributed by atoms with Gasteiger partial charge in [-0.15, -0.1) is 0 Å². The van der Waals surface area contributed by atoms with Crippen LogP contribution in [-0.2, 0) is 6.18 Å². The zero-order valence-electron chi connectivity index (χ0n) is 41.5. The molecule has 9 nitrogen and oxygen atoms in total. The number of methoxy groups -OCH3 is 2. The summed E-state index contributed by atoms with van der Waals surface area (Å²) in [4.78, 5) is 0. The molecule has 70 heavy (non-hydrogen) atoms. The van der Waals surface area contributed by atoms with Gasteiger partial charge < -0.3 is 43.9 Å². The highest BCUT2D eigenvalue weighted by Gasteiger charge is 2.30. The van der Waals surface area contributed by atoms with Crippen LogP contribution in [0.3, 0.4) is 0 Å². The van der Waals surface area contributed by atoms with E-state index in [0.29, 0.717) is 11.1 Å². The Morgan fingerprint density at radius 3 is 1.31 bits per heavy atom. The highest BCUT2D eigenvalue weighted by atomic mass is 19.4. The first-order chi connectivity index (χ1) is 33.1. The van der Waals surface area contributed by atoms with Crippen LogP contribution in [0.2, 0.25) is 0 Å². The predicted molar refractivity (Wildman–Crippen MR) is 279 cm³/mol. The number of ether oxygens (including phenoxy) is 2. The maximum atomic E-state index is 12.4. The lowest BCUT2D eigenvalue weighted by molar-refractivity contribution is -0.137. The molecule has 7 aromatic rings. The van der Waals surface area contributed by atoms with Gasteiger partial charge in [-0.2, -0.15) is 18.4 Å². The minimum absolute atomic E-state index is 0.0376. The minimum Gasteiger partial charge on any atom is -0.497 e. The Balaban J connectivity index is 0.000000289. The van der Waals surface area contributed by atoms with Crippen LogP contribution in [-0.4, -0.2) is 14.2 Å². The molecule has 0 saturated heterocycles. The summed E-state index contributed by atoms with van der Waals surface area (Å²) in [5, 5.41) is 11.0. The second-order valence-corrected chi connectivity index (χ2v) is 16.5. The molecule has 6 atom stereocenters. The van der Waals surface area contributed by atoms with Crippen molar-refractivity contribution in [1.29, 1.82) is 5.26 Å². The van der Waals surface area contributed by atoms with E-state index in [1.165, 1.54) is 40.6 Å². The van der Waals surface area contributed by atoms with Crippen molar-refractivity contribution in [1.82, 2.24) is 0 Å². The van der Waals surface area contributed by atoms with E-state index in [2.05, 4.69) is 36.4 Å². The molecule has 0 saturated carbocycles. The van der Waals surface area contributed by atoms with Crippen molar-refractivity contribution >= 4 is 10.8 Å². The molecule has 0 fully saturated rings. The molecular weight excluding hydrogens is 891 g/mol. The predicted octanol–water partition coefficient (Wildman–Crippen LogP) is 12.8. The molecule has 0 radical (unpaired) electrons. The summed E-state index contributed by atoms with van der Waals surface area (Å²) in [6.07, 6.45) is -3.39. The average Bonchev–Trinajstić information content (AvgIpc) is 3.36. The summed E-state index contributed by atoms with van der Waals surface area (Å²) in [6, 6.07) is 51.0. The normalized spacial score (nSPS) is 13.0. The Labute approximate surface area is 412 Å². The lowest BCUT2D eigenvalue weighted by atomic mass is 10.0. The van der Waals surface area contributed by atoms with Crippen molar-refractivity contribution < 1.29 is 27.0 Å². The second kappa shape index (κ2) is 30.8. The van der Waals surface area contributed by atoms with E-state index in [9.17, 15) is 17.6 Å². The summed E-state index contributed by atoms with van der Waals surface area (Å²) in [6.45, 7) is 11.6. The SMILES string of the molecule is CC(N)c1ccc(C#N)cc1.CC(N)c1ccc(C(F)(F)F)cc1.CC(N)c1ccc2ccccc2c1.CCC(N)c1ccc(F)cc1.COc1ccc(C(C)N)cc1.COc1cccc(C(C)N)c1. The van der Waals surface area contributed by atoms with Gasteiger partial charge in [-0.3, -0.25) is 0 Å². The number of nitrogens with zero attached hydrogens (tertiary/aromatic N) is 1.